The smallest absolute Gasteiger partial charge is 0.244 e. The number of amides is 2. The third-order valence-corrected chi connectivity index (χ3v) is 5.04. The highest BCUT2D eigenvalue weighted by Crippen LogP contribution is 2.48. The second kappa shape index (κ2) is 6.16. The van der Waals surface area contributed by atoms with Gasteiger partial charge in [-0.05, 0) is 26.7 Å². The number of ether oxygens (including phenoxy) is 1. The Kier molecular flexibility index (Phi) is 4.33. The van der Waals surface area contributed by atoms with Crippen molar-refractivity contribution in [3.8, 4) is 0 Å². The fourth-order valence-corrected chi connectivity index (χ4v) is 4.22. The third-order valence-electron chi connectivity index (χ3n) is 5.04. The summed E-state index contributed by atoms with van der Waals surface area (Å²) in [4.78, 5) is 30.6. The van der Waals surface area contributed by atoms with E-state index in [2.05, 4.69) is 15.4 Å². The summed E-state index contributed by atoms with van der Waals surface area (Å²) in [6.45, 7) is 4.90. The predicted octanol–water partition coefficient (Wildman–Crippen LogP) is 0.343. The highest BCUT2D eigenvalue weighted by molar-refractivity contribution is 5.79. The molecule has 2 amide bonds. The number of rotatable bonds is 4. The van der Waals surface area contributed by atoms with Crippen LogP contribution >= 0.6 is 0 Å². The van der Waals surface area contributed by atoms with Gasteiger partial charge in [0.15, 0.2) is 0 Å². The van der Waals surface area contributed by atoms with Crippen molar-refractivity contribution in [2.24, 2.45) is 0 Å². The molecule has 132 valence electrons. The van der Waals surface area contributed by atoms with E-state index < -0.39 is 5.54 Å². The van der Waals surface area contributed by atoms with Crippen LogP contribution in [0.5, 0.6) is 0 Å². The zero-order chi connectivity index (χ0) is 17.4. The van der Waals surface area contributed by atoms with Gasteiger partial charge in [-0.15, -0.1) is 0 Å². The van der Waals surface area contributed by atoms with Gasteiger partial charge in [-0.25, -0.2) is 9.67 Å². The van der Waals surface area contributed by atoms with Crippen molar-refractivity contribution < 1.29 is 14.3 Å². The fourth-order valence-electron chi connectivity index (χ4n) is 4.22. The molecule has 0 bridgehead atoms. The molecule has 0 aliphatic carbocycles. The molecule has 3 heterocycles. The third kappa shape index (κ3) is 3.02. The lowest BCUT2D eigenvalue weighted by molar-refractivity contribution is -0.141. The van der Waals surface area contributed by atoms with Crippen LogP contribution in [0.15, 0.2) is 12.7 Å². The SMILES string of the molecule is CNC(=O)C[C@@H]1OC(C)(C)C[C@]12CCCN2C(=O)Cn1cncn1. The van der Waals surface area contributed by atoms with E-state index in [0.29, 0.717) is 6.54 Å². The Morgan fingerprint density at radius 1 is 1.42 bits per heavy atom. The van der Waals surface area contributed by atoms with E-state index in [1.54, 1.807) is 7.05 Å². The van der Waals surface area contributed by atoms with Gasteiger partial charge in [-0.1, -0.05) is 0 Å². The molecule has 24 heavy (non-hydrogen) atoms. The number of hydrogen-bond donors (Lipinski definition) is 1. The molecule has 1 aromatic heterocycles. The van der Waals surface area contributed by atoms with Crippen molar-refractivity contribution in [3.05, 3.63) is 12.7 Å². The summed E-state index contributed by atoms with van der Waals surface area (Å²) in [5.74, 6) is -0.0612. The van der Waals surface area contributed by atoms with E-state index in [0.717, 1.165) is 19.3 Å². The number of carbonyl (C=O) groups excluding carboxylic acids is 2. The van der Waals surface area contributed by atoms with Crippen LogP contribution in [0.2, 0.25) is 0 Å². The number of likely N-dealkylation sites (tertiary alicyclic amines) is 1. The average Bonchev–Trinajstić information content (AvgIpc) is 3.20. The van der Waals surface area contributed by atoms with Gasteiger partial charge < -0.3 is 15.0 Å². The van der Waals surface area contributed by atoms with Crippen molar-refractivity contribution in [2.75, 3.05) is 13.6 Å². The Balaban J connectivity index is 1.84. The summed E-state index contributed by atoms with van der Waals surface area (Å²) in [5.41, 5.74) is -0.761. The molecule has 0 saturated carbocycles. The summed E-state index contributed by atoms with van der Waals surface area (Å²) in [6, 6.07) is 0. The molecular formula is C16H25N5O3. The highest BCUT2D eigenvalue weighted by Gasteiger charge is 2.58. The Bertz CT molecular complexity index is 615. The first-order chi connectivity index (χ1) is 11.4. The molecule has 1 N–H and O–H groups in total. The zero-order valence-corrected chi connectivity index (χ0v) is 14.5. The minimum atomic E-state index is -0.409. The Labute approximate surface area is 141 Å². The maximum absolute atomic E-state index is 12.9. The van der Waals surface area contributed by atoms with Crippen LogP contribution in [-0.2, 0) is 20.9 Å². The zero-order valence-electron chi connectivity index (χ0n) is 14.5. The standard InChI is InChI=1S/C16H25N5O3/c1-15(2)9-16(12(24-15)7-13(22)17-3)5-4-6-21(16)14(23)8-20-11-18-10-19-20/h10-12H,4-9H2,1-3H3,(H,17,22)/t12-,16+/m0/s1. The van der Waals surface area contributed by atoms with Crippen molar-refractivity contribution in [1.29, 1.82) is 0 Å². The van der Waals surface area contributed by atoms with E-state index >= 15 is 0 Å². The van der Waals surface area contributed by atoms with Crippen LogP contribution in [0.25, 0.3) is 0 Å². The first-order valence-corrected chi connectivity index (χ1v) is 8.38. The van der Waals surface area contributed by atoms with Crippen LogP contribution in [0.3, 0.4) is 0 Å². The van der Waals surface area contributed by atoms with Gasteiger partial charge in [0.25, 0.3) is 0 Å². The Morgan fingerprint density at radius 3 is 2.88 bits per heavy atom. The first kappa shape index (κ1) is 16.9. The maximum Gasteiger partial charge on any atom is 0.244 e. The summed E-state index contributed by atoms with van der Waals surface area (Å²) in [6.07, 6.45) is 5.47. The van der Waals surface area contributed by atoms with Crippen LogP contribution in [0.4, 0.5) is 0 Å². The molecule has 0 radical (unpaired) electrons. The molecule has 2 aliphatic rings. The number of hydrogen-bond acceptors (Lipinski definition) is 5. The van der Waals surface area contributed by atoms with Gasteiger partial charge in [0.05, 0.1) is 23.7 Å². The van der Waals surface area contributed by atoms with E-state index in [9.17, 15) is 9.59 Å². The Hall–Kier alpha value is -1.96. The predicted molar refractivity (Wildman–Crippen MR) is 86.0 cm³/mol. The van der Waals surface area contributed by atoms with Gasteiger partial charge in [0.1, 0.15) is 19.2 Å². The Morgan fingerprint density at radius 2 is 2.21 bits per heavy atom. The van der Waals surface area contributed by atoms with E-state index in [-0.39, 0.29) is 36.5 Å². The summed E-state index contributed by atoms with van der Waals surface area (Å²) >= 11 is 0. The first-order valence-electron chi connectivity index (χ1n) is 8.38. The lowest BCUT2D eigenvalue weighted by atomic mass is 9.82. The van der Waals surface area contributed by atoms with E-state index in [4.69, 9.17) is 4.74 Å². The van der Waals surface area contributed by atoms with Crippen LogP contribution in [0.1, 0.15) is 39.5 Å². The minimum Gasteiger partial charge on any atom is -0.369 e. The second-order valence-electron chi connectivity index (χ2n) is 7.27. The largest absolute Gasteiger partial charge is 0.369 e. The van der Waals surface area contributed by atoms with Gasteiger partial charge in [-0.3, -0.25) is 9.59 Å². The maximum atomic E-state index is 12.9. The number of aromatic nitrogens is 3. The highest BCUT2D eigenvalue weighted by atomic mass is 16.5. The molecule has 2 aliphatic heterocycles. The monoisotopic (exact) mass is 335 g/mol. The van der Waals surface area contributed by atoms with Gasteiger partial charge >= 0.3 is 0 Å². The normalized spacial score (nSPS) is 28.5. The average molecular weight is 335 g/mol. The molecule has 3 rings (SSSR count). The molecule has 1 aromatic rings. The number of nitrogens with zero attached hydrogens (tertiary/aromatic N) is 4. The molecule has 0 aromatic carbocycles. The molecule has 8 heteroatoms. The lowest BCUT2D eigenvalue weighted by Gasteiger charge is -2.38. The van der Waals surface area contributed by atoms with Crippen molar-refractivity contribution >= 4 is 11.8 Å². The molecule has 2 saturated heterocycles. The van der Waals surface area contributed by atoms with Crippen LogP contribution in [-0.4, -0.2) is 62.3 Å². The van der Waals surface area contributed by atoms with Crippen molar-refractivity contribution in [3.63, 3.8) is 0 Å². The van der Waals surface area contributed by atoms with Gasteiger partial charge in [0, 0.05) is 20.0 Å². The quantitative estimate of drug-likeness (QED) is 0.857. The fraction of sp³-hybridized carbons (Fsp3) is 0.750. The number of nitrogens with one attached hydrogen (secondary N) is 1. The summed E-state index contributed by atoms with van der Waals surface area (Å²) in [5, 5.41) is 6.68. The molecule has 0 unspecified atom stereocenters. The summed E-state index contributed by atoms with van der Waals surface area (Å²) in [7, 11) is 1.62. The molecule has 2 fully saturated rings. The molecule has 8 nitrogen and oxygen atoms in total. The van der Waals surface area contributed by atoms with Gasteiger partial charge in [0.2, 0.25) is 11.8 Å². The molecular weight excluding hydrogens is 310 g/mol. The van der Waals surface area contributed by atoms with Crippen molar-refractivity contribution in [2.45, 2.75) is 63.3 Å². The lowest BCUT2D eigenvalue weighted by Crippen LogP contribution is -2.54. The van der Waals surface area contributed by atoms with Crippen molar-refractivity contribution in [1.82, 2.24) is 25.0 Å². The summed E-state index contributed by atoms with van der Waals surface area (Å²) < 4.78 is 7.72. The topological polar surface area (TPSA) is 89.4 Å². The molecule has 1 spiro atoms. The minimum absolute atomic E-state index is 0.00112. The van der Waals surface area contributed by atoms with E-state index in [1.165, 1.54) is 17.3 Å². The number of carbonyl (C=O) groups is 2. The van der Waals surface area contributed by atoms with E-state index in [1.807, 2.05) is 18.7 Å². The van der Waals surface area contributed by atoms with Crippen LogP contribution < -0.4 is 5.32 Å². The van der Waals surface area contributed by atoms with Gasteiger partial charge in [-0.2, -0.15) is 5.10 Å². The second-order valence-corrected chi connectivity index (χ2v) is 7.27. The van der Waals surface area contributed by atoms with Crippen LogP contribution in [0, 0.1) is 0 Å². The molecule has 2 atom stereocenters.